The molecule has 314 valence electrons. The summed E-state index contributed by atoms with van der Waals surface area (Å²) in [6, 6.07) is -1.32. The van der Waals surface area contributed by atoms with Crippen LogP contribution in [0.15, 0.2) is 0 Å². The van der Waals surface area contributed by atoms with Crippen LogP contribution in [0.25, 0.3) is 0 Å². The van der Waals surface area contributed by atoms with Gasteiger partial charge >= 0.3 is 17.9 Å². The maximum absolute atomic E-state index is 12.6. The van der Waals surface area contributed by atoms with Gasteiger partial charge in [-0.3, -0.25) is 19.2 Å². The van der Waals surface area contributed by atoms with Crippen LogP contribution in [0.2, 0.25) is 0 Å². The van der Waals surface area contributed by atoms with E-state index in [1.807, 2.05) is 0 Å². The van der Waals surface area contributed by atoms with E-state index in [0.717, 1.165) is 38.5 Å². The molecule has 0 aromatic carbocycles. The predicted octanol–water partition coefficient (Wildman–Crippen LogP) is 11.3. The van der Waals surface area contributed by atoms with Crippen molar-refractivity contribution in [3.05, 3.63) is 0 Å². The normalized spacial score (nSPS) is 12.1. The summed E-state index contributed by atoms with van der Waals surface area (Å²) in [4.78, 5) is 48.2. The van der Waals surface area contributed by atoms with Gasteiger partial charge in [-0.05, 0) is 12.8 Å². The van der Waals surface area contributed by atoms with E-state index in [-0.39, 0.29) is 37.9 Å². The molecule has 53 heavy (non-hydrogen) atoms. The van der Waals surface area contributed by atoms with Crippen molar-refractivity contribution in [3.8, 4) is 0 Å². The Balaban J connectivity index is 0. The molecule has 0 aromatic heterocycles. The van der Waals surface area contributed by atoms with Crippen LogP contribution in [0.4, 0.5) is 0 Å². The van der Waals surface area contributed by atoms with Crippen molar-refractivity contribution >= 4 is 36.2 Å². The van der Waals surface area contributed by atoms with Crippen LogP contribution in [0.1, 0.15) is 226 Å². The molecule has 0 radical (unpaired) electrons. The van der Waals surface area contributed by atoms with Crippen LogP contribution in [0.3, 0.4) is 0 Å². The summed E-state index contributed by atoms with van der Waals surface area (Å²) >= 11 is 0. The molecule has 10 heteroatoms. The number of rotatable bonds is 40. The van der Waals surface area contributed by atoms with Crippen molar-refractivity contribution in [2.45, 2.75) is 238 Å². The van der Waals surface area contributed by atoms with Crippen molar-refractivity contribution < 1.29 is 33.8 Å². The summed E-state index contributed by atoms with van der Waals surface area (Å²) in [5.41, 5.74) is 5.47. The number of hydrogen-bond donors (Lipinski definition) is 3. The van der Waals surface area contributed by atoms with Gasteiger partial charge in [0.1, 0.15) is 12.6 Å². The number of carbonyl (C=O) groups excluding carboxylic acids is 3. The van der Waals surface area contributed by atoms with Gasteiger partial charge in [-0.2, -0.15) is 0 Å². The van der Waals surface area contributed by atoms with Gasteiger partial charge in [0.25, 0.3) is 0 Å². The highest BCUT2D eigenvalue weighted by Gasteiger charge is 2.21. The van der Waals surface area contributed by atoms with Gasteiger partial charge in [0, 0.05) is 12.8 Å². The third kappa shape index (κ3) is 39.6. The Labute approximate surface area is 331 Å². The zero-order chi connectivity index (χ0) is 38.3. The van der Waals surface area contributed by atoms with E-state index in [4.69, 9.17) is 20.3 Å². The molecular weight excluding hydrogens is 692 g/mol. The highest BCUT2D eigenvalue weighted by atomic mass is 35.5. The molecule has 0 aliphatic carbocycles. The van der Waals surface area contributed by atoms with Crippen LogP contribution < -0.4 is 11.1 Å². The number of esters is 2. The molecule has 0 saturated carbocycles. The Hall–Kier alpha value is -1.87. The number of unbranched alkanes of at least 4 members (excludes halogenated alkanes) is 28. The Kier molecular flexibility index (Phi) is 41.5. The van der Waals surface area contributed by atoms with E-state index in [0.29, 0.717) is 6.42 Å². The Bertz CT molecular complexity index is 860. The average Bonchev–Trinajstić information content (AvgIpc) is 3.12. The molecule has 1 amide bonds. The van der Waals surface area contributed by atoms with Gasteiger partial charge in [0.2, 0.25) is 5.91 Å². The van der Waals surface area contributed by atoms with Crippen LogP contribution in [0.5, 0.6) is 0 Å². The summed E-state index contributed by atoms with van der Waals surface area (Å²) in [5.74, 6) is -2.58. The second-order valence-corrected chi connectivity index (χ2v) is 15.1. The molecule has 2 unspecified atom stereocenters. The number of carbonyl (C=O) groups is 4. The summed E-state index contributed by atoms with van der Waals surface area (Å²) in [7, 11) is 0. The third-order valence-electron chi connectivity index (χ3n) is 9.95. The lowest BCUT2D eigenvalue weighted by Gasteiger charge is -2.19. The van der Waals surface area contributed by atoms with Crippen molar-refractivity contribution in [1.29, 1.82) is 0 Å². The van der Waals surface area contributed by atoms with E-state index >= 15 is 0 Å². The first-order chi connectivity index (χ1) is 25.3. The molecule has 4 N–H and O–H groups in total. The second-order valence-electron chi connectivity index (χ2n) is 15.1. The molecule has 0 rings (SSSR count). The summed E-state index contributed by atoms with van der Waals surface area (Å²) in [6.45, 7) is 4.27. The van der Waals surface area contributed by atoms with Crippen molar-refractivity contribution in [2.24, 2.45) is 5.73 Å². The molecule has 0 aliphatic rings. The Morgan fingerprint density at radius 2 is 0.849 bits per heavy atom. The number of ether oxygens (including phenoxy) is 2. The smallest absolute Gasteiger partial charge is 0.321 e. The standard InChI is InChI=1S/C43H82N2O7.ClH/c1-3-5-7-9-11-13-15-17-19-21-23-25-27-29-31-33-41(47)51-37-38(36-45-40(46)35-39(44)43(49)50)52-42(48)34-32-30-28-26-24-22-20-18-16-14-12-10-8-6-4-2;/h38-39H,3-37,44H2,1-2H3,(H,45,46)(H,49,50);1H. The first-order valence-corrected chi connectivity index (χ1v) is 21.9. The van der Waals surface area contributed by atoms with Crippen molar-refractivity contribution in [2.75, 3.05) is 13.2 Å². The molecule has 0 bridgehead atoms. The minimum atomic E-state index is -1.32. The van der Waals surface area contributed by atoms with Crippen LogP contribution in [-0.4, -0.2) is 54.2 Å². The number of carboxylic acid groups (broad SMARTS) is 1. The van der Waals surface area contributed by atoms with E-state index in [2.05, 4.69) is 19.2 Å². The SMILES string of the molecule is CCCCCCCCCCCCCCCCCC(=O)OCC(CNC(=O)CC(N)C(=O)O)OC(=O)CCCCCCCCCCCCCCCCC.Cl. The number of amides is 1. The zero-order valence-electron chi connectivity index (χ0n) is 34.3. The van der Waals surface area contributed by atoms with E-state index in [9.17, 15) is 19.2 Å². The Morgan fingerprint density at radius 1 is 0.528 bits per heavy atom. The van der Waals surface area contributed by atoms with Gasteiger partial charge in [-0.1, -0.05) is 194 Å². The summed E-state index contributed by atoms with van der Waals surface area (Å²) in [6.07, 6.45) is 36.8. The Morgan fingerprint density at radius 3 is 1.19 bits per heavy atom. The topological polar surface area (TPSA) is 145 Å². The van der Waals surface area contributed by atoms with Gasteiger partial charge < -0.3 is 25.6 Å². The minimum absolute atomic E-state index is 0. The molecular formula is C43H83ClN2O7. The van der Waals surface area contributed by atoms with Crippen molar-refractivity contribution in [3.63, 3.8) is 0 Å². The quantitative estimate of drug-likeness (QED) is 0.0412. The number of aliphatic carboxylic acids is 1. The lowest BCUT2D eigenvalue weighted by Crippen LogP contribution is -2.41. The average molecular weight is 776 g/mol. The molecule has 0 spiro atoms. The molecule has 0 aromatic rings. The molecule has 9 nitrogen and oxygen atoms in total. The molecule has 0 aliphatic heterocycles. The number of halogens is 1. The van der Waals surface area contributed by atoms with Crippen LogP contribution in [-0.2, 0) is 28.7 Å². The maximum atomic E-state index is 12.6. The molecule has 2 atom stereocenters. The maximum Gasteiger partial charge on any atom is 0.321 e. The van der Waals surface area contributed by atoms with E-state index in [1.165, 1.54) is 154 Å². The number of nitrogens with one attached hydrogen (secondary N) is 1. The van der Waals surface area contributed by atoms with E-state index < -0.39 is 36.4 Å². The largest absolute Gasteiger partial charge is 0.480 e. The molecule has 0 saturated heterocycles. The summed E-state index contributed by atoms with van der Waals surface area (Å²) in [5, 5.41) is 11.5. The molecule has 0 fully saturated rings. The lowest BCUT2D eigenvalue weighted by atomic mass is 10.0. The highest BCUT2D eigenvalue weighted by Crippen LogP contribution is 2.16. The fourth-order valence-corrected chi connectivity index (χ4v) is 6.51. The highest BCUT2D eigenvalue weighted by molar-refractivity contribution is 5.85. The molecule has 0 heterocycles. The van der Waals surface area contributed by atoms with Gasteiger partial charge in [0.15, 0.2) is 6.10 Å². The predicted molar refractivity (Wildman–Crippen MR) is 220 cm³/mol. The van der Waals surface area contributed by atoms with Crippen molar-refractivity contribution in [1.82, 2.24) is 5.32 Å². The first-order valence-electron chi connectivity index (χ1n) is 21.9. The van der Waals surface area contributed by atoms with Crippen LogP contribution in [0, 0.1) is 0 Å². The third-order valence-corrected chi connectivity index (χ3v) is 9.95. The van der Waals surface area contributed by atoms with Gasteiger partial charge in [-0.15, -0.1) is 12.4 Å². The van der Waals surface area contributed by atoms with E-state index in [1.54, 1.807) is 0 Å². The minimum Gasteiger partial charge on any atom is -0.480 e. The number of hydrogen-bond acceptors (Lipinski definition) is 7. The second kappa shape index (κ2) is 41.3. The fraction of sp³-hybridized carbons (Fsp3) is 0.907. The zero-order valence-corrected chi connectivity index (χ0v) is 35.1. The number of carboxylic acids is 1. The summed E-state index contributed by atoms with van der Waals surface area (Å²) < 4.78 is 11.0. The lowest BCUT2D eigenvalue weighted by molar-refractivity contribution is -0.159. The fourth-order valence-electron chi connectivity index (χ4n) is 6.51. The van der Waals surface area contributed by atoms with Gasteiger partial charge in [0.05, 0.1) is 13.0 Å². The first kappa shape index (κ1) is 53.2. The number of nitrogens with two attached hydrogens (primary N) is 1. The van der Waals surface area contributed by atoms with Crippen LogP contribution >= 0.6 is 12.4 Å². The van der Waals surface area contributed by atoms with Gasteiger partial charge in [-0.25, -0.2) is 0 Å². The monoisotopic (exact) mass is 775 g/mol.